The average molecular weight is 707 g/mol. The van der Waals surface area contributed by atoms with E-state index in [1.54, 1.807) is 0 Å². The Morgan fingerprint density at radius 2 is 1.16 bits per heavy atom. The molecule has 0 aliphatic heterocycles. The van der Waals surface area contributed by atoms with Crippen molar-refractivity contribution in [3.05, 3.63) is 0 Å². The highest BCUT2D eigenvalue weighted by Crippen LogP contribution is 2.58. The van der Waals surface area contributed by atoms with Gasteiger partial charge in [-0.05, 0) is 24.2 Å². The molecule has 254 valence electrons. The molecule has 18 nitrogen and oxygen atoms in total. The van der Waals surface area contributed by atoms with Gasteiger partial charge in [0.1, 0.15) is 49.3 Å². The Morgan fingerprint density at radius 1 is 0.698 bits per heavy atom. The van der Waals surface area contributed by atoms with E-state index in [-0.39, 0.29) is 24.2 Å². The van der Waals surface area contributed by atoms with Crippen LogP contribution in [0, 0.1) is 0 Å². The lowest BCUT2D eigenvalue weighted by molar-refractivity contribution is -0.210. The van der Waals surface area contributed by atoms with E-state index >= 15 is 0 Å². The third-order valence-corrected chi connectivity index (χ3v) is 9.99. The molecule has 0 radical (unpaired) electrons. The van der Waals surface area contributed by atoms with Gasteiger partial charge in [0.15, 0.2) is 0 Å². The first kappa shape index (κ1) is 40.6. The predicted molar refractivity (Wildman–Crippen MR) is 148 cm³/mol. The van der Waals surface area contributed by atoms with E-state index in [1.165, 1.54) is 0 Å². The van der Waals surface area contributed by atoms with Gasteiger partial charge < -0.3 is 49.3 Å². The van der Waals surface area contributed by atoms with Crippen molar-refractivity contribution in [2.24, 2.45) is 0 Å². The minimum absolute atomic E-state index is 0.0316. The number of aliphatic hydroxyl groups excluding tert-OH is 3. The molecule has 0 amide bonds. The predicted octanol–water partition coefficient (Wildman–Crippen LogP) is 0.873. The Kier molecular flexibility index (Phi) is 17.6. The average Bonchev–Trinajstić information content (AvgIpc) is 2.88. The van der Waals surface area contributed by atoms with Crippen LogP contribution in [-0.4, -0.2) is 107 Å². The number of carbonyl (C=O) groups excluding carboxylic acids is 2. The molecule has 1 aliphatic carbocycles. The number of carbonyl (C=O) groups is 2. The Labute approximate surface area is 252 Å². The lowest BCUT2D eigenvalue weighted by atomic mass is 9.85. The Morgan fingerprint density at radius 3 is 1.65 bits per heavy atom. The van der Waals surface area contributed by atoms with E-state index in [4.69, 9.17) is 33.6 Å². The second kappa shape index (κ2) is 18.6. The normalized spacial score (nSPS) is 26.8. The van der Waals surface area contributed by atoms with Gasteiger partial charge in [-0.3, -0.25) is 23.2 Å². The number of phosphoric acid groups is 2. The minimum Gasteiger partial charge on any atom is -0.462 e. The van der Waals surface area contributed by atoms with Crippen molar-refractivity contribution in [2.75, 3.05) is 12.4 Å². The van der Waals surface area contributed by atoms with Gasteiger partial charge >= 0.3 is 34.4 Å². The molecule has 22 heteroatoms. The zero-order valence-electron chi connectivity index (χ0n) is 23.5. The van der Waals surface area contributed by atoms with Crippen LogP contribution in [0.4, 0.5) is 0 Å². The van der Waals surface area contributed by atoms with Crippen LogP contribution < -0.4 is 0 Å². The smallest absolute Gasteiger partial charge is 0.462 e. The summed E-state index contributed by atoms with van der Waals surface area (Å²) < 4.78 is 59.5. The molecule has 1 aliphatic rings. The molecule has 1 fully saturated rings. The van der Waals surface area contributed by atoms with Crippen molar-refractivity contribution < 1.29 is 86.1 Å². The molecular weight excluding hydrogens is 665 g/mol. The molecule has 8 unspecified atom stereocenters. The number of hydrogen-bond donors (Lipinski definition) is 8. The third-order valence-electron chi connectivity index (χ3n) is 5.91. The molecule has 0 aromatic rings. The van der Waals surface area contributed by atoms with Crippen LogP contribution in [0.3, 0.4) is 0 Å². The molecule has 0 aromatic heterocycles. The van der Waals surface area contributed by atoms with E-state index in [1.807, 2.05) is 13.8 Å². The fourth-order valence-corrected chi connectivity index (χ4v) is 7.68. The van der Waals surface area contributed by atoms with Gasteiger partial charge in [-0.2, -0.15) is 0 Å². The zero-order valence-corrected chi connectivity index (χ0v) is 27.0. The molecule has 0 heterocycles. The van der Waals surface area contributed by atoms with Gasteiger partial charge in [0.2, 0.25) is 0 Å². The summed E-state index contributed by atoms with van der Waals surface area (Å²) in [5.74, 6) is -1.74. The lowest BCUT2D eigenvalue weighted by Gasteiger charge is -2.44. The molecule has 0 bridgehead atoms. The molecule has 1 rings (SSSR count). The van der Waals surface area contributed by atoms with E-state index < -0.39 is 89.5 Å². The van der Waals surface area contributed by atoms with Crippen LogP contribution in [0.25, 0.3) is 0 Å². The van der Waals surface area contributed by atoms with Crippen molar-refractivity contribution in [3.8, 4) is 0 Å². The van der Waals surface area contributed by atoms with Crippen molar-refractivity contribution in [2.45, 2.75) is 108 Å². The molecule has 8 N–H and O–H groups in total. The number of phosphoric ester groups is 2. The maximum absolute atomic E-state index is 12.9. The summed E-state index contributed by atoms with van der Waals surface area (Å²) in [6.45, 7) is -1.59. The summed E-state index contributed by atoms with van der Waals surface area (Å²) in [7, 11) is -11.0. The van der Waals surface area contributed by atoms with Crippen molar-refractivity contribution in [3.63, 3.8) is 0 Å². The maximum Gasteiger partial charge on any atom is 0.470 e. The first-order valence-electron chi connectivity index (χ1n) is 13.3. The van der Waals surface area contributed by atoms with E-state index in [2.05, 4.69) is 9.05 Å². The van der Waals surface area contributed by atoms with Gasteiger partial charge in [-0.15, -0.1) is 0 Å². The summed E-state index contributed by atoms with van der Waals surface area (Å²) in [5.41, 5.74) is 0. The molecule has 1 saturated carbocycles. The van der Waals surface area contributed by atoms with Crippen LogP contribution in [0.1, 0.15) is 65.2 Å². The topological polar surface area (TPSA) is 293 Å². The Bertz CT molecular complexity index is 1020. The highest BCUT2D eigenvalue weighted by molar-refractivity contribution is 8.54. The van der Waals surface area contributed by atoms with Crippen LogP contribution >= 0.6 is 33.8 Å². The monoisotopic (exact) mass is 706 g/mol. The highest BCUT2D eigenvalue weighted by atomic mass is 32.7. The molecule has 8 atom stereocenters. The molecular formula is C21H41O18P3S. The minimum atomic E-state index is -5.54. The van der Waals surface area contributed by atoms with Crippen LogP contribution in [-0.2, 0) is 46.3 Å². The highest BCUT2D eigenvalue weighted by Gasteiger charge is 2.56. The van der Waals surface area contributed by atoms with Gasteiger partial charge in [0.25, 0.3) is 0 Å². The summed E-state index contributed by atoms with van der Waals surface area (Å²) in [6.07, 6.45) is -11.3. The van der Waals surface area contributed by atoms with Gasteiger partial charge in [0.05, 0.1) is 0 Å². The van der Waals surface area contributed by atoms with E-state index in [0.29, 0.717) is 12.8 Å². The second-order valence-electron chi connectivity index (χ2n) is 9.64. The number of aliphatic hydroxyl groups is 3. The first-order valence-corrected chi connectivity index (χ1v) is 19.6. The first-order chi connectivity index (χ1) is 19.8. The Balaban J connectivity index is 3.03. The van der Waals surface area contributed by atoms with Gasteiger partial charge in [-0.25, -0.2) is 13.7 Å². The number of unbranched alkanes of at least 4 members (excludes halogenated alkanes) is 4. The lowest BCUT2D eigenvalue weighted by Crippen LogP contribution is -2.65. The van der Waals surface area contributed by atoms with Gasteiger partial charge in [-0.1, -0.05) is 39.5 Å². The number of rotatable bonds is 20. The zero-order chi connectivity index (χ0) is 33.0. The molecule has 43 heavy (non-hydrogen) atoms. The number of esters is 2. The molecule has 0 spiro atoms. The fraction of sp³-hybridized carbons (Fsp3) is 0.905. The largest absolute Gasteiger partial charge is 0.470 e. The van der Waals surface area contributed by atoms with Crippen LogP contribution in [0.5, 0.6) is 0 Å². The van der Waals surface area contributed by atoms with Crippen LogP contribution in [0.15, 0.2) is 0 Å². The van der Waals surface area contributed by atoms with Crippen LogP contribution in [0.2, 0.25) is 0 Å². The second-order valence-corrected chi connectivity index (χ2v) is 15.9. The standard InChI is InChI=1S/C21H41O18P3S/c1-3-5-7-9-14(22)35-11-13(36-15(23)10-8-6-4-2)12-43-42(33,34)39-19-16(24)17(25)20(37-40(27,28)29)21(18(19)26)38-41(30,31)32/h13,16-21,24-26H,3-12H2,1-2H3,(H,33,34)(H2,27,28,29)(H2,30,31,32). The van der Waals surface area contributed by atoms with Gasteiger partial charge in [0, 0.05) is 18.6 Å². The maximum atomic E-state index is 12.9. The fourth-order valence-electron chi connectivity index (χ4n) is 3.87. The summed E-state index contributed by atoms with van der Waals surface area (Å²) in [5, 5.41) is 31.3. The Hall–Kier alpha value is -0.460. The summed E-state index contributed by atoms with van der Waals surface area (Å²) in [6, 6.07) is 0. The van der Waals surface area contributed by atoms with E-state index in [0.717, 1.165) is 25.7 Å². The summed E-state index contributed by atoms with van der Waals surface area (Å²) >= 11 is 0.121. The van der Waals surface area contributed by atoms with Crippen molar-refractivity contribution >= 4 is 45.8 Å². The van der Waals surface area contributed by atoms with Crippen molar-refractivity contribution in [1.29, 1.82) is 0 Å². The summed E-state index contributed by atoms with van der Waals surface area (Å²) in [4.78, 5) is 71.2. The molecule has 0 saturated heterocycles. The quantitative estimate of drug-likeness (QED) is 0.0495. The number of ether oxygens (including phenoxy) is 2. The van der Waals surface area contributed by atoms with E-state index in [9.17, 15) is 43.5 Å². The number of hydrogen-bond acceptors (Lipinski definition) is 14. The molecule has 0 aromatic carbocycles. The third kappa shape index (κ3) is 16.1. The van der Waals surface area contributed by atoms with Crippen molar-refractivity contribution in [1.82, 2.24) is 0 Å². The SMILES string of the molecule is CCCCCC(=O)OCC(CSP(=O)(O)OC1C(O)C(O)C(OP(=O)(O)O)C(OP(=O)(O)O)C1O)OC(=O)CCCCC.